The van der Waals surface area contributed by atoms with Crippen LogP contribution in [0.5, 0.6) is 0 Å². The number of fused-ring (bicyclic) bond motifs is 1. The Morgan fingerprint density at radius 3 is 2.29 bits per heavy atom. The van der Waals surface area contributed by atoms with Crippen molar-refractivity contribution in [1.29, 1.82) is 0 Å². The molecule has 0 N–H and O–H groups in total. The molecule has 0 unspecified atom stereocenters. The van der Waals surface area contributed by atoms with Crippen LogP contribution >= 0.6 is 11.8 Å². The van der Waals surface area contributed by atoms with Gasteiger partial charge in [-0.2, -0.15) is 0 Å². The first-order valence-electron chi connectivity index (χ1n) is 7.73. The van der Waals surface area contributed by atoms with Gasteiger partial charge in [-0.25, -0.2) is 4.39 Å². The normalized spacial score (nSPS) is 11.1. The van der Waals surface area contributed by atoms with E-state index in [1.54, 1.807) is 23.9 Å². The summed E-state index contributed by atoms with van der Waals surface area (Å²) in [5, 5.41) is 1.07. The summed E-state index contributed by atoms with van der Waals surface area (Å²) in [7, 11) is 0. The minimum absolute atomic E-state index is 0.227. The summed E-state index contributed by atoms with van der Waals surface area (Å²) in [6.45, 7) is 2.07. The van der Waals surface area contributed by atoms with Gasteiger partial charge in [0.1, 0.15) is 17.2 Å². The Hall–Kier alpha value is -2.52. The highest BCUT2D eigenvalue weighted by Gasteiger charge is 2.17. The molecular formula is C21H15FOS. The molecule has 0 fully saturated rings. The van der Waals surface area contributed by atoms with Crippen LogP contribution in [0.2, 0.25) is 0 Å². The second-order valence-corrected chi connectivity index (χ2v) is 6.76. The monoisotopic (exact) mass is 334 g/mol. The average molecular weight is 334 g/mol. The number of hydrogen-bond acceptors (Lipinski definition) is 2. The van der Waals surface area contributed by atoms with Crippen LogP contribution in [0.4, 0.5) is 4.39 Å². The van der Waals surface area contributed by atoms with E-state index in [0.29, 0.717) is 0 Å². The quantitative estimate of drug-likeness (QED) is 0.413. The zero-order chi connectivity index (χ0) is 16.5. The third kappa shape index (κ3) is 2.83. The van der Waals surface area contributed by atoms with Crippen molar-refractivity contribution in [2.24, 2.45) is 0 Å². The molecule has 24 heavy (non-hydrogen) atoms. The van der Waals surface area contributed by atoms with Crippen LogP contribution < -0.4 is 0 Å². The summed E-state index contributed by atoms with van der Waals surface area (Å²) in [5.41, 5.74) is 3.11. The number of benzene rings is 3. The van der Waals surface area contributed by atoms with E-state index in [4.69, 9.17) is 4.42 Å². The Balaban J connectivity index is 1.86. The predicted molar refractivity (Wildman–Crippen MR) is 96.9 cm³/mol. The Morgan fingerprint density at radius 1 is 0.833 bits per heavy atom. The minimum atomic E-state index is -0.227. The number of halogens is 1. The van der Waals surface area contributed by atoms with Crippen molar-refractivity contribution >= 4 is 22.7 Å². The van der Waals surface area contributed by atoms with Crippen LogP contribution in [0.1, 0.15) is 5.56 Å². The third-order valence-electron chi connectivity index (χ3n) is 3.90. The summed E-state index contributed by atoms with van der Waals surface area (Å²) >= 11 is 1.60. The van der Waals surface area contributed by atoms with Crippen molar-refractivity contribution in [3.63, 3.8) is 0 Å². The summed E-state index contributed by atoms with van der Waals surface area (Å²) in [4.78, 5) is 2.04. The first-order valence-corrected chi connectivity index (χ1v) is 8.54. The zero-order valence-corrected chi connectivity index (χ0v) is 13.9. The molecule has 1 aromatic heterocycles. The molecule has 0 saturated heterocycles. The Bertz CT molecular complexity index is 985. The highest BCUT2D eigenvalue weighted by molar-refractivity contribution is 7.99. The van der Waals surface area contributed by atoms with Gasteiger partial charge in [0, 0.05) is 15.8 Å². The third-order valence-corrected chi connectivity index (χ3v) is 5.01. The molecule has 0 aliphatic carbocycles. The second-order valence-electron chi connectivity index (χ2n) is 5.68. The molecule has 1 heterocycles. The highest BCUT2D eigenvalue weighted by atomic mass is 32.2. The Kier molecular flexibility index (Phi) is 3.87. The van der Waals surface area contributed by atoms with Crippen molar-refractivity contribution < 1.29 is 8.81 Å². The molecule has 0 aliphatic heterocycles. The van der Waals surface area contributed by atoms with Gasteiger partial charge >= 0.3 is 0 Å². The van der Waals surface area contributed by atoms with Crippen LogP contribution in [0.3, 0.4) is 0 Å². The number of furan rings is 1. The first-order chi connectivity index (χ1) is 11.7. The smallest absolute Gasteiger partial charge is 0.149 e. The number of rotatable bonds is 3. The van der Waals surface area contributed by atoms with Gasteiger partial charge in [0.15, 0.2) is 0 Å². The molecule has 0 amide bonds. The molecule has 3 heteroatoms. The fourth-order valence-electron chi connectivity index (χ4n) is 2.64. The molecule has 0 spiro atoms. The van der Waals surface area contributed by atoms with E-state index in [1.165, 1.54) is 17.7 Å². The molecule has 118 valence electrons. The van der Waals surface area contributed by atoms with Crippen LogP contribution in [-0.4, -0.2) is 0 Å². The van der Waals surface area contributed by atoms with Crippen LogP contribution in [0.25, 0.3) is 22.3 Å². The maximum Gasteiger partial charge on any atom is 0.149 e. The van der Waals surface area contributed by atoms with Gasteiger partial charge in [0.05, 0.1) is 4.90 Å². The van der Waals surface area contributed by atoms with Gasteiger partial charge in [-0.1, -0.05) is 53.7 Å². The number of hydrogen-bond donors (Lipinski definition) is 0. The fraction of sp³-hybridized carbons (Fsp3) is 0.0476. The van der Waals surface area contributed by atoms with E-state index in [-0.39, 0.29) is 5.82 Å². The maximum atomic E-state index is 13.2. The van der Waals surface area contributed by atoms with E-state index in [9.17, 15) is 4.39 Å². The largest absolute Gasteiger partial charge is 0.455 e. The second kappa shape index (κ2) is 6.17. The van der Waals surface area contributed by atoms with Crippen LogP contribution in [0.15, 0.2) is 87.0 Å². The maximum absolute atomic E-state index is 13.2. The lowest BCUT2D eigenvalue weighted by Gasteiger charge is -2.04. The topological polar surface area (TPSA) is 13.1 Å². The van der Waals surface area contributed by atoms with Crippen LogP contribution in [-0.2, 0) is 0 Å². The van der Waals surface area contributed by atoms with Crippen molar-refractivity contribution in [1.82, 2.24) is 0 Å². The van der Waals surface area contributed by atoms with E-state index in [0.717, 1.165) is 32.1 Å². The SMILES string of the molecule is Cc1ccc(-c2oc3ccccc3c2Sc2ccc(F)cc2)cc1. The summed E-state index contributed by atoms with van der Waals surface area (Å²) in [5.74, 6) is 0.626. The number of para-hydroxylation sites is 1. The van der Waals surface area contributed by atoms with Crippen molar-refractivity contribution in [2.45, 2.75) is 16.7 Å². The van der Waals surface area contributed by atoms with Gasteiger partial charge < -0.3 is 4.42 Å². The van der Waals surface area contributed by atoms with Gasteiger partial charge in [-0.05, 0) is 43.3 Å². The van der Waals surface area contributed by atoms with Crippen molar-refractivity contribution in [3.05, 3.63) is 84.2 Å². The van der Waals surface area contributed by atoms with Crippen LogP contribution in [0, 0.1) is 12.7 Å². The van der Waals surface area contributed by atoms with E-state index in [2.05, 4.69) is 37.3 Å². The number of aryl methyl sites for hydroxylation is 1. The lowest BCUT2D eigenvalue weighted by molar-refractivity contribution is 0.624. The lowest BCUT2D eigenvalue weighted by Crippen LogP contribution is -1.80. The molecule has 0 radical (unpaired) electrons. The molecule has 0 atom stereocenters. The Morgan fingerprint density at radius 2 is 1.54 bits per heavy atom. The van der Waals surface area contributed by atoms with Gasteiger partial charge in [-0.15, -0.1) is 0 Å². The first kappa shape index (κ1) is 15.0. The summed E-state index contributed by atoms with van der Waals surface area (Å²) < 4.78 is 19.3. The highest BCUT2D eigenvalue weighted by Crippen LogP contribution is 2.43. The van der Waals surface area contributed by atoms with Gasteiger partial charge in [0.2, 0.25) is 0 Å². The Labute approximate surface area is 144 Å². The minimum Gasteiger partial charge on any atom is -0.455 e. The molecule has 0 aliphatic rings. The van der Waals surface area contributed by atoms with Gasteiger partial charge in [-0.3, -0.25) is 0 Å². The molecule has 0 bridgehead atoms. The molecule has 3 aromatic carbocycles. The molecule has 1 nitrogen and oxygen atoms in total. The molecule has 0 saturated carbocycles. The van der Waals surface area contributed by atoms with E-state index in [1.807, 2.05) is 18.2 Å². The molecular weight excluding hydrogens is 319 g/mol. The van der Waals surface area contributed by atoms with Crippen molar-refractivity contribution in [3.8, 4) is 11.3 Å². The van der Waals surface area contributed by atoms with Crippen molar-refractivity contribution in [2.75, 3.05) is 0 Å². The standard InChI is InChI=1S/C21H15FOS/c1-14-6-8-15(9-7-14)20-21(18-4-2-3-5-19(18)23-20)24-17-12-10-16(22)11-13-17/h2-13H,1H3. The molecule has 4 aromatic rings. The summed E-state index contributed by atoms with van der Waals surface area (Å²) in [6.07, 6.45) is 0. The van der Waals surface area contributed by atoms with E-state index < -0.39 is 0 Å². The summed E-state index contributed by atoms with van der Waals surface area (Å²) in [6, 6.07) is 22.9. The predicted octanol–water partition coefficient (Wildman–Crippen LogP) is 6.70. The fourth-order valence-corrected chi connectivity index (χ4v) is 3.68. The average Bonchev–Trinajstić information content (AvgIpc) is 2.96. The van der Waals surface area contributed by atoms with Gasteiger partial charge in [0.25, 0.3) is 0 Å². The zero-order valence-electron chi connectivity index (χ0n) is 13.1. The van der Waals surface area contributed by atoms with E-state index >= 15 is 0 Å². The molecule has 4 rings (SSSR count). The lowest BCUT2D eigenvalue weighted by atomic mass is 10.1.